The molecular weight excluding hydrogens is 434 g/mol. The summed E-state index contributed by atoms with van der Waals surface area (Å²) < 4.78 is 11.5. The van der Waals surface area contributed by atoms with Gasteiger partial charge in [-0.25, -0.2) is 0 Å². The van der Waals surface area contributed by atoms with E-state index >= 15 is 0 Å². The summed E-state index contributed by atoms with van der Waals surface area (Å²) in [7, 11) is 1.65. The number of hydrogen-bond acceptors (Lipinski definition) is 6. The number of nitrogens with one attached hydrogen (secondary N) is 1. The molecule has 0 bridgehead atoms. The van der Waals surface area contributed by atoms with Gasteiger partial charge in [-0.2, -0.15) is 0 Å². The lowest BCUT2D eigenvalue weighted by Crippen LogP contribution is -2.42. The third-order valence-corrected chi connectivity index (χ3v) is 6.95. The summed E-state index contributed by atoms with van der Waals surface area (Å²) in [6.07, 6.45) is 0. The van der Waals surface area contributed by atoms with Gasteiger partial charge in [-0.05, 0) is 76.7 Å². The highest BCUT2D eigenvalue weighted by molar-refractivity contribution is 7.17. The van der Waals surface area contributed by atoms with Crippen LogP contribution in [0.25, 0.3) is 10.4 Å². The number of benzene rings is 1. The van der Waals surface area contributed by atoms with Crippen molar-refractivity contribution in [2.75, 3.05) is 46.4 Å². The normalized spacial score (nSPS) is 11.6. The fraction of sp³-hybridized carbons (Fsp3) is 0.577. The first-order chi connectivity index (χ1) is 15.8. The molecule has 1 amide bonds. The summed E-state index contributed by atoms with van der Waals surface area (Å²) in [5, 5.41) is 3.06. The van der Waals surface area contributed by atoms with Gasteiger partial charge in [0, 0.05) is 36.6 Å². The van der Waals surface area contributed by atoms with E-state index in [0.29, 0.717) is 35.9 Å². The smallest absolute Gasteiger partial charge is 0.261 e. The molecule has 2 rings (SSSR count). The molecule has 1 aromatic heterocycles. The van der Waals surface area contributed by atoms with E-state index in [1.807, 2.05) is 30.3 Å². The first-order valence-corrected chi connectivity index (χ1v) is 12.8. The number of ether oxygens (including phenoxy) is 2. The lowest BCUT2D eigenvalue weighted by molar-refractivity contribution is 0.0943. The number of nitrogens with zero attached hydrogens (tertiary/aromatic N) is 2. The molecule has 0 saturated carbocycles. The standard InChI is InChI=1S/C26H41N3O3S/c1-8-28(9-2)16-17-32-22-11-10-21(18-23(22)31-7)24-12-13-25(33-24)26(30)27-14-15-29(19(3)4)20(5)6/h10-13,18-20H,8-9,14-17H2,1-7H3,(H,27,30). The zero-order valence-corrected chi connectivity index (χ0v) is 22.1. The van der Waals surface area contributed by atoms with E-state index in [1.54, 1.807) is 7.11 Å². The van der Waals surface area contributed by atoms with Crippen LogP contribution in [-0.4, -0.2) is 74.2 Å². The molecule has 0 unspecified atom stereocenters. The van der Waals surface area contributed by atoms with Crippen molar-refractivity contribution in [2.24, 2.45) is 0 Å². The first-order valence-electron chi connectivity index (χ1n) is 12.0. The van der Waals surface area contributed by atoms with Gasteiger partial charge in [0.2, 0.25) is 0 Å². The Morgan fingerprint density at radius 2 is 1.70 bits per heavy atom. The highest BCUT2D eigenvalue weighted by atomic mass is 32.1. The van der Waals surface area contributed by atoms with Crippen molar-refractivity contribution >= 4 is 17.2 Å². The van der Waals surface area contributed by atoms with Crippen molar-refractivity contribution < 1.29 is 14.3 Å². The molecule has 0 spiro atoms. The van der Waals surface area contributed by atoms with Gasteiger partial charge in [-0.3, -0.25) is 9.69 Å². The SMILES string of the molecule is CCN(CC)CCOc1ccc(-c2ccc(C(=O)NCCN(C(C)C)C(C)C)s2)cc1OC. The predicted molar refractivity (Wildman–Crippen MR) is 139 cm³/mol. The molecule has 0 fully saturated rings. The second-order valence-corrected chi connectivity index (χ2v) is 9.67. The lowest BCUT2D eigenvalue weighted by Gasteiger charge is -2.30. The molecule has 0 saturated heterocycles. The van der Waals surface area contributed by atoms with Gasteiger partial charge < -0.3 is 19.7 Å². The molecule has 1 heterocycles. The predicted octanol–water partition coefficient (Wildman–Crippen LogP) is 4.99. The van der Waals surface area contributed by atoms with Gasteiger partial charge in [0.15, 0.2) is 11.5 Å². The highest BCUT2D eigenvalue weighted by Gasteiger charge is 2.15. The van der Waals surface area contributed by atoms with E-state index in [9.17, 15) is 4.79 Å². The lowest BCUT2D eigenvalue weighted by atomic mass is 10.1. The fourth-order valence-corrected chi connectivity index (χ4v) is 4.80. The maximum absolute atomic E-state index is 12.6. The highest BCUT2D eigenvalue weighted by Crippen LogP contribution is 2.35. The van der Waals surface area contributed by atoms with Crippen LogP contribution in [-0.2, 0) is 0 Å². The third-order valence-electron chi connectivity index (χ3n) is 5.82. The minimum absolute atomic E-state index is 0.0259. The van der Waals surface area contributed by atoms with Gasteiger partial charge in [0.1, 0.15) is 6.61 Å². The number of amides is 1. The van der Waals surface area contributed by atoms with E-state index < -0.39 is 0 Å². The zero-order valence-electron chi connectivity index (χ0n) is 21.3. The van der Waals surface area contributed by atoms with Crippen LogP contribution in [0.1, 0.15) is 51.2 Å². The Morgan fingerprint density at radius 3 is 2.30 bits per heavy atom. The summed E-state index contributed by atoms with van der Waals surface area (Å²) in [6.45, 7) is 18.0. The van der Waals surface area contributed by atoms with Crippen LogP contribution in [0.3, 0.4) is 0 Å². The second-order valence-electron chi connectivity index (χ2n) is 8.59. The molecule has 184 valence electrons. The Hall–Kier alpha value is -2.09. The number of carbonyl (C=O) groups excluding carboxylic acids is 1. The Balaban J connectivity index is 1.98. The number of carbonyl (C=O) groups is 1. The van der Waals surface area contributed by atoms with Crippen molar-refractivity contribution in [1.82, 2.24) is 15.1 Å². The van der Waals surface area contributed by atoms with Gasteiger partial charge in [0.05, 0.1) is 12.0 Å². The minimum Gasteiger partial charge on any atom is -0.493 e. The molecular formula is C26H41N3O3S. The zero-order chi connectivity index (χ0) is 24.4. The van der Waals surface area contributed by atoms with Crippen molar-refractivity contribution in [2.45, 2.75) is 53.6 Å². The second kappa shape index (κ2) is 13.6. The topological polar surface area (TPSA) is 54.0 Å². The summed E-state index contributed by atoms with van der Waals surface area (Å²) in [5.74, 6) is 1.42. The van der Waals surface area contributed by atoms with E-state index in [1.165, 1.54) is 11.3 Å². The number of thiophene rings is 1. The number of hydrogen-bond donors (Lipinski definition) is 1. The third kappa shape index (κ3) is 8.02. The summed E-state index contributed by atoms with van der Waals surface area (Å²) in [4.78, 5) is 19.1. The van der Waals surface area contributed by atoms with E-state index in [4.69, 9.17) is 9.47 Å². The quantitative estimate of drug-likeness (QED) is 0.417. The van der Waals surface area contributed by atoms with Crippen LogP contribution in [0.5, 0.6) is 11.5 Å². The van der Waals surface area contributed by atoms with E-state index in [0.717, 1.165) is 42.4 Å². The van der Waals surface area contributed by atoms with Crippen molar-refractivity contribution in [3.8, 4) is 21.9 Å². The maximum atomic E-state index is 12.6. The number of likely N-dealkylation sites (N-methyl/N-ethyl adjacent to an activating group) is 1. The number of methoxy groups -OCH3 is 1. The van der Waals surface area contributed by atoms with Crippen molar-refractivity contribution in [3.05, 3.63) is 35.2 Å². The van der Waals surface area contributed by atoms with E-state index in [-0.39, 0.29) is 5.91 Å². The Labute approximate surface area is 203 Å². The van der Waals surface area contributed by atoms with Crippen LogP contribution >= 0.6 is 11.3 Å². The molecule has 33 heavy (non-hydrogen) atoms. The van der Waals surface area contributed by atoms with Gasteiger partial charge in [-0.1, -0.05) is 13.8 Å². The van der Waals surface area contributed by atoms with Crippen LogP contribution in [0, 0.1) is 0 Å². The van der Waals surface area contributed by atoms with Crippen LogP contribution in [0.15, 0.2) is 30.3 Å². The molecule has 0 aliphatic heterocycles. The molecule has 6 nitrogen and oxygen atoms in total. The molecule has 2 aromatic rings. The summed E-state index contributed by atoms with van der Waals surface area (Å²) in [5.41, 5.74) is 1.01. The van der Waals surface area contributed by atoms with Crippen molar-refractivity contribution in [3.63, 3.8) is 0 Å². The summed E-state index contributed by atoms with van der Waals surface area (Å²) in [6, 6.07) is 10.7. The van der Waals surface area contributed by atoms with Crippen molar-refractivity contribution in [1.29, 1.82) is 0 Å². The van der Waals surface area contributed by atoms with Crippen LogP contribution < -0.4 is 14.8 Å². The number of rotatable bonds is 14. The average Bonchev–Trinajstić information content (AvgIpc) is 3.29. The molecule has 1 aromatic carbocycles. The molecule has 0 radical (unpaired) electrons. The fourth-order valence-electron chi connectivity index (χ4n) is 3.88. The van der Waals surface area contributed by atoms with Gasteiger partial charge in [-0.15, -0.1) is 11.3 Å². The van der Waals surface area contributed by atoms with Gasteiger partial charge in [0.25, 0.3) is 5.91 Å². The molecule has 0 atom stereocenters. The molecule has 0 aliphatic rings. The Bertz CT molecular complexity index is 854. The van der Waals surface area contributed by atoms with E-state index in [2.05, 4.69) is 56.7 Å². The Morgan fingerprint density at radius 1 is 1.00 bits per heavy atom. The molecule has 0 aliphatic carbocycles. The molecule has 7 heteroatoms. The maximum Gasteiger partial charge on any atom is 0.261 e. The monoisotopic (exact) mass is 475 g/mol. The Kier molecular flexibility index (Phi) is 11.2. The van der Waals surface area contributed by atoms with Crippen LogP contribution in [0.2, 0.25) is 0 Å². The van der Waals surface area contributed by atoms with Crippen LogP contribution in [0.4, 0.5) is 0 Å². The average molecular weight is 476 g/mol. The molecule has 1 N–H and O–H groups in total. The first kappa shape index (κ1) is 27.2. The van der Waals surface area contributed by atoms with Gasteiger partial charge >= 0.3 is 0 Å². The largest absolute Gasteiger partial charge is 0.493 e. The summed E-state index contributed by atoms with van der Waals surface area (Å²) >= 11 is 1.49. The minimum atomic E-state index is -0.0259.